The van der Waals surface area contributed by atoms with Gasteiger partial charge in [-0.25, -0.2) is 4.79 Å². The van der Waals surface area contributed by atoms with E-state index in [0.29, 0.717) is 0 Å². The molecule has 3 N–H and O–H groups in total. The maximum absolute atomic E-state index is 12.6. The van der Waals surface area contributed by atoms with E-state index in [1.54, 1.807) is 0 Å². The van der Waals surface area contributed by atoms with Crippen LogP contribution < -0.4 is 5.32 Å². The molecular formula is C19H20N2O8S2. The number of carbonyl (C=O) groups excluding carboxylic acids is 3. The molecule has 0 aromatic carbocycles. The maximum Gasteiger partial charge on any atom is 0.352 e. The molecule has 3 heterocycles. The Morgan fingerprint density at radius 3 is 2.65 bits per heavy atom. The Morgan fingerprint density at radius 1 is 1.23 bits per heavy atom. The molecule has 1 aromatic heterocycles. The third kappa shape index (κ3) is 5.44. The molecule has 10 nitrogen and oxygen atoms in total. The number of nitrogens with zero attached hydrogens (tertiary/aromatic N) is 1. The number of nitrogens with one attached hydrogen (secondary N) is 1. The minimum atomic E-state index is -1.32. The van der Waals surface area contributed by atoms with Crippen molar-refractivity contribution < 1.29 is 38.9 Å². The van der Waals surface area contributed by atoms with Gasteiger partial charge >= 0.3 is 17.9 Å². The number of ether oxygens (including phenoxy) is 1. The SMILES string of the molecule is O=C(O)CCCC(=O)OCC1=C(C(=O)O)N2C(=O)[C@@H](NC(=O)Cc3cccs3)[C@@H]2SC1. The van der Waals surface area contributed by atoms with Crippen molar-refractivity contribution in [2.45, 2.75) is 37.1 Å². The van der Waals surface area contributed by atoms with E-state index in [2.05, 4.69) is 5.32 Å². The highest BCUT2D eigenvalue weighted by molar-refractivity contribution is 8.00. The highest BCUT2D eigenvalue weighted by Crippen LogP contribution is 2.40. The summed E-state index contributed by atoms with van der Waals surface area (Å²) in [5.41, 5.74) is 0.0351. The van der Waals surface area contributed by atoms with Crippen LogP contribution in [0.1, 0.15) is 24.1 Å². The monoisotopic (exact) mass is 468 g/mol. The number of aliphatic carboxylic acids is 2. The molecule has 3 rings (SSSR count). The van der Waals surface area contributed by atoms with Gasteiger partial charge in [0.2, 0.25) is 5.91 Å². The summed E-state index contributed by atoms with van der Waals surface area (Å²) in [7, 11) is 0. The van der Waals surface area contributed by atoms with Gasteiger partial charge in [0.05, 0.1) is 6.42 Å². The smallest absolute Gasteiger partial charge is 0.352 e. The number of thiophene rings is 1. The molecule has 0 spiro atoms. The van der Waals surface area contributed by atoms with Crippen LogP contribution in [0.15, 0.2) is 28.8 Å². The quantitative estimate of drug-likeness (QED) is 0.335. The number of rotatable bonds is 10. The van der Waals surface area contributed by atoms with Crippen molar-refractivity contribution in [3.63, 3.8) is 0 Å². The van der Waals surface area contributed by atoms with Crippen molar-refractivity contribution in [2.75, 3.05) is 12.4 Å². The number of amides is 2. The average Bonchev–Trinajstić information content (AvgIpc) is 3.22. The van der Waals surface area contributed by atoms with Gasteiger partial charge in [0.25, 0.3) is 5.91 Å². The maximum atomic E-state index is 12.6. The number of hydrogen-bond acceptors (Lipinski definition) is 8. The predicted octanol–water partition coefficient (Wildman–Crippen LogP) is 0.827. The fourth-order valence-corrected chi connectivity index (χ4v) is 5.24. The van der Waals surface area contributed by atoms with E-state index in [-0.39, 0.29) is 55.2 Å². The third-order valence-corrected chi connectivity index (χ3v) is 6.88. The van der Waals surface area contributed by atoms with Gasteiger partial charge in [-0.15, -0.1) is 23.1 Å². The number of esters is 1. The summed E-state index contributed by atoms with van der Waals surface area (Å²) in [6.07, 6.45) is -0.00680. The summed E-state index contributed by atoms with van der Waals surface area (Å²) in [5.74, 6) is -3.61. The van der Waals surface area contributed by atoms with Gasteiger partial charge in [0, 0.05) is 29.0 Å². The molecule has 0 unspecified atom stereocenters. The molecule has 2 aliphatic rings. The van der Waals surface area contributed by atoms with Crippen LogP contribution in [0.5, 0.6) is 0 Å². The van der Waals surface area contributed by atoms with Crippen LogP contribution in [0.2, 0.25) is 0 Å². The number of β-lactam (4-membered cyclic amide) rings is 1. The van der Waals surface area contributed by atoms with Crippen LogP contribution in [-0.2, 0) is 35.1 Å². The second kappa shape index (κ2) is 9.96. The largest absolute Gasteiger partial charge is 0.481 e. The number of carbonyl (C=O) groups is 5. The van der Waals surface area contributed by atoms with E-state index in [9.17, 15) is 29.1 Å². The number of thioether (sulfide) groups is 1. The molecular weight excluding hydrogens is 448 g/mol. The molecule has 1 saturated heterocycles. The molecule has 2 atom stereocenters. The lowest BCUT2D eigenvalue weighted by Crippen LogP contribution is -2.70. The zero-order valence-electron chi connectivity index (χ0n) is 16.2. The van der Waals surface area contributed by atoms with E-state index in [1.807, 2.05) is 17.5 Å². The van der Waals surface area contributed by atoms with E-state index >= 15 is 0 Å². The van der Waals surface area contributed by atoms with E-state index in [1.165, 1.54) is 23.1 Å². The van der Waals surface area contributed by atoms with Crippen molar-refractivity contribution in [3.8, 4) is 0 Å². The van der Waals surface area contributed by atoms with E-state index < -0.39 is 35.2 Å². The number of carboxylic acid groups (broad SMARTS) is 2. The second-order valence-corrected chi connectivity index (χ2v) is 9.01. The molecule has 1 aromatic rings. The molecule has 2 aliphatic heterocycles. The Labute approximate surface area is 185 Å². The van der Waals surface area contributed by atoms with Crippen molar-refractivity contribution >= 4 is 52.8 Å². The summed E-state index contributed by atoms with van der Waals surface area (Å²) in [5, 5.41) is 22.2. The minimum absolute atomic E-state index is 0.0985. The minimum Gasteiger partial charge on any atom is -0.481 e. The zero-order valence-corrected chi connectivity index (χ0v) is 17.9. The van der Waals surface area contributed by atoms with Crippen LogP contribution in [0.4, 0.5) is 0 Å². The van der Waals surface area contributed by atoms with Crippen molar-refractivity contribution in [3.05, 3.63) is 33.7 Å². The van der Waals surface area contributed by atoms with Crippen LogP contribution in [0, 0.1) is 0 Å². The van der Waals surface area contributed by atoms with Crippen LogP contribution in [-0.4, -0.2) is 68.6 Å². The number of hydrogen-bond donors (Lipinski definition) is 3. The normalized spacial score (nSPS) is 20.0. The molecule has 0 bridgehead atoms. The van der Waals surface area contributed by atoms with Crippen LogP contribution >= 0.6 is 23.1 Å². The molecule has 2 amide bonds. The van der Waals surface area contributed by atoms with Crippen molar-refractivity contribution in [2.24, 2.45) is 0 Å². The molecule has 0 saturated carbocycles. The topological polar surface area (TPSA) is 150 Å². The third-order valence-electron chi connectivity index (χ3n) is 4.66. The summed E-state index contributed by atoms with van der Waals surface area (Å²) in [6, 6.07) is 2.83. The molecule has 166 valence electrons. The lowest BCUT2D eigenvalue weighted by Gasteiger charge is -2.49. The second-order valence-electron chi connectivity index (χ2n) is 6.88. The first kappa shape index (κ1) is 22.8. The molecule has 31 heavy (non-hydrogen) atoms. The Kier molecular flexibility index (Phi) is 7.33. The fourth-order valence-electron chi connectivity index (χ4n) is 3.21. The van der Waals surface area contributed by atoms with Crippen molar-refractivity contribution in [1.29, 1.82) is 0 Å². The lowest BCUT2D eigenvalue weighted by atomic mass is 10.0. The average molecular weight is 469 g/mol. The highest BCUT2D eigenvalue weighted by atomic mass is 32.2. The Balaban J connectivity index is 1.59. The summed E-state index contributed by atoms with van der Waals surface area (Å²) in [4.78, 5) is 60.8. The Morgan fingerprint density at radius 2 is 2.00 bits per heavy atom. The lowest BCUT2D eigenvalue weighted by molar-refractivity contribution is -0.151. The van der Waals surface area contributed by atoms with E-state index in [4.69, 9.17) is 9.84 Å². The van der Waals surface area contributed by atoms with Gasteiger partial charge in [0.15, 0.2) is 0 Å². The summed E-state index contributed by atoms with van der Waals surface area (Å²) >= 11 is 2.71. The Hall–Kier alpha value is -2.86. The van der Waals surface area contributed by atoms with Crippen LogP contribution in [0.25, 0.3) is 0 Å². The molecule has 0 radical (unpaired) electrons. The van der Waals surface area contributed by atoms with E-state index in [0.717, 1.165) is 9.78 Å². The van der Waals surface area contributed by atoms with Gasteiger partial charge < -0.3 is 20.3 Å². The van der Waals surface area contributed by atoms with Gasteiger partial charge in [0.1, 0.15) is 23.7 Å². The first-order chi connectivity index (χ1) is 14.8. The molecule has 1 fully saturated rings. The first-order valence-corrected chi connectivity index (χ1v) is 11.3. The first-order valence-electron chi connectivity index (χ1n) is 9.37. The Bertz CT molecular complexity index is 927. The highest BCUT2D eigenvalue weighted by Gasteiger charge is 2.54. The summed E-state index contributed by atoms with van der Waals surface area (Å²) < 4.78 is 5.06. The summed E-state index contributed by atoms with van der Waals surface area (Å²) in [6.45, 7) is -0.299. The number of carboxylic acids is 2. The standard InChI is InChI=1S/C19H20N2O8S2/c22-12(7-11-3-2-6-30-11)20-15-17(26)21-16(19(27)28)10(9-31-18(15)21)8-29-14(25)5-1-4-13(23)24/h2-3,6,15,18H,1,4-5,7-9H2,(H,20,22)(H,23,24)(H,27,28)/t15-,18+/m1/s1. The van der Waals surface area contributed by atoms with Gasteiger partial charge in [-0.3, -0.25) is 24.1 Å². The zero-order chi connectivity index (χ0) is 22.5. The molecule has 12 heteroatoms. The number of fused-ring (bicyclic) bond motifs is 1. The van der Waals surface area contributed by atoms with Gasteiger partial charge in [-0.2, -0.15) is 0 Å². The predicted molar refractivity (Wildman–Crippen MR) is 110 cm³/mol. The fraction of sp³-hybridized carbons (Fsp3) is 0.421. The van der Waals surface area contributed by atoms with Gasteiger partial charge in [-0.1, -0.05) is 6.07 Å². The van der Waals surface area contributed by atoms with Gasteiger partial charge in [-0.05, 0) is 17.9 Å². The molecule has 0 aliphatic carbocycles. The van der Waals surface area contributed by atoms with Crippen LogP contribution in [0.3, 0.4) is 0 Å². The van der Waals surface area contributed by atoms with Crippen molar-refractivity contribution in [1.82, 2.24) is 10.2 Å².